The Morgan fingerprint density at radius 3 is 2.60 bits per heavy atom. The summed E-state index contributed by atoms with van der Waals surface area (Å²) in [6.45, 7) is 1.50. The molecule has 2 aromatic rings. The van der Waals surface area contributed by atoms with Gasteiger partial charge < -0.3 is 19.8 Å². The molecule has 30 heavy (non-hydrogen) atoms. The standard InChI is InChI=1S/C19H19ClF3N3O4/c1-10-6-14(30-25-10)8-16(28)26-9-13(27)7-15(26)18(29)24-17(19(21,22)23)11-2-4-12(20)5-3-11/h2-6,13,15,17,27H,7-9H2,1H3,(H,24,29)/t13-,15+,17-/m1/s1. The average molecular weight is 446 g/mol. The minimum absolute atomic E-state index is 0.165. The van der Waals surface area contributed by atoms with Crippen LogP contribution in [0.3, 0.4) is 0 Å². The van der Waals surface area contributed by atoms with E-state index in [1.165, 1.54) is 24.3 Å². The summed E-state index contributed by atoms with van der Waals surface area (Å²) in [5.41, 5.74) is 0.360. The fraction of sp³-hybridized carbons (Fsp3) is 0.421. The van der Waals surface area contributed by atoms with Gasteiger partial charge >= 0.3 is 6.18 Å². The number of benzene rings is 1. The Morgan fingerprint density at radius 1 is 1.37 bits per heavy atom. The lowest BCUT2D eigenvalue weighted by Crippen LogP contribution is -2.49. The van der Waals surface area contributed by atoms with E-state index in [1.54, 1.807) is 13.0 Å². The second kappa shape index (κ2) is 8.65. The van der Waals surface area contributed by atoms with Crippen LogP contribution in [0.2, 0.25) is 5.02 Å². The minimum Gasteiger partial charge on any atom is -0.391 e. The molecule has 2 heterocycles. The Labute approximate surface area is 174 Å². The number of nitrogens with zero attached hydrogens (tertiary/aromatic N) is 2. The molecule has 0 spiro atoms. The molecule has 3 rings (SSSR count). The molecule has 0 saturated carbocycles. The fourth-order valence-electron chi connectivity index (χ4n) is 3.34. The minimum atomic E-state index is -4.77. The maximum atomic E-state index is 13.6. The molecule has 1 aromatic heterocycles. The number of carbonyl (C=O) groups is 2. The second-order valence-electron chi connectivity index (χ2n) is 7.10. The van der Waals surface area contributed by atoms with Crippen molar-refractivity contribution >= 4 is 23.4 Å². The van der Waals surface area contributed by atoms with Crippen LogP contribution in [0.15, 0.2) is 34.9 Å². The van der Waals surface area contributed by atoms with E-state index in [9.17, 15) is 27.9 Å². The largest absolute Gasteiger partial charge is 0.412 e. The van der Waals surface area contributed by atoms with E-state index in [0.29, 0.717) is 5.69 Å². The van der Waals surface area contributed by atoms with Gasteiger partial charge in [-0.2, -0.15) is 13.2 Å². The fourth-order valence-corrected chi connectivity index (χ4v) is 3.46. The number of β-amino-alcohol motifs (C(OH)–C–C–N with tert-alkyl or cyclic N) is 1. The van der Waals surface area contributed by atoms with Crippen LogP contribution in [0.4, 0.5) is 13.2 Å². The summed E-state index contributed by atoms with van der Waals surface area (Å²) in [4.78, 5) is 26.3. The first kappa shape index (κ1) is 22.1. The van der Waals surface area contributed by atoms with E-state index < -0.39 is 36.2 Å². The first-order valence-corrected chi connectivity index (χ1v) is 9.44. The first-order valence-electron chi connectivity index (χ1n) is 9.07. The van der Waals surface area contributed by atoms with Crippen molar-refractivity contribution in [3.63, 3.8) is 0 Å². The maximum absolute atomic E-state index is 13.6. The lowest BCUT2D eigenvalue weighted by atomic mass is 10.1. The molecule has 3 atom stereocenters. The number of aliphatic hydroxyl groups is 1. The molecule has 1 aliphatic rings. The predicted molar refractivity (Wildman–Crippen MR) is 99.5 cm³/mol. The van der Waals surface area contributed by atoms with Crippen molar-refractivity contribution in [2.45, 2.75) is 44.1 Å². The highest BCUT2D eigenvalue weighted by Gasteiger charge is 2.45. The Balaban J connectivity index is 1.76. The smallest absolute Gasteiger partial charge is 0.391 e. The highest BCUT2D eigenvalue weighted by atomic mass is 35.5. The van der Waals surface area contributed by atoms with Gasteiger partial charge in [0, 0.05) is 24.1 Å². The topological polar surface area (TPSA) is 95.7 Å². The Morgan fingerprint density at radius 2 is 2.03 bits per heavy atom. The summed E-state index contributed by atoms with van der Waals surface area (Å²) in [5.74, 6) is -1.31. The molecule has 1 aliphatic heterocycles. The van der Waals surface area contributed by atoms with E-state index in [4.69, 9.17) is 16.1 Å². The third-order valence-corrected chi connectivity index (χ3v) is 4.97. The lowest BCUT2D eigenvalue weighted by Gasteiger charge is -2.27. The molecule has 0 unspecified atom stereocenters. The number of aromatic nitrogens is 1. The van der Waals surface area contributed by atoms with Crippen molar-refractivity contribution in [3.8, 4) is 0 Å². The van der Waals surface area contributed by atoms with Crippen molar-refractivity contribution in [2.75, 3.05) is 6.54 Å². The number of hydrogen-bond acceptors (Lipinski definition) is 5. The number of nitrogens with one attached hydrogen (secondary N) is 1. The summed E-state index contributed by atoms with van der Waals surface area (Å²) in [6.07, 6.45) is -6.19. The summed E-state index contributed by atoms with van der Waals surface area (Å²) >= 11 is 5.73. The van der Waals surface area contributed by atoms with Gasteiger partial charge in [-0.1, -0.05) is 28.9 Å². The summed E-state index contributed by atoms with van der Waals surface area (Å²) in [7, 11) is 0. The number of hydrogen-bond donors (Lipinski definition) is 2. The van der Waals surface area contributed by atoms with E-state index in [-0.39, 0.29) is 35.7 Å². The zero-order valence-electron chi connectivity index (χ0n) is 15.8. The monoisotopic (exact) mass is 445 g/mol. The Hall–Kier alpha value is -2.59. The zero-order chi connectivity index (χ0) is 22.1. The van der Waals surface area contributed by atoms with Crippen molar-refractivity contribution in [1.82, 2.24) is 15.4 Å². The van der Waals surface area contributed by atoms with Crippen LogP contribution in [0.1, 0.15) is 29.5 Å². The second-order valence-corrected chi connectivity index (χ2v) is 7.53. The van der Waals surface area contributed by atoms with Gasteiger partial charge in [-0.05, 0) is 24.6 Å². The third kappa shape index (κ3) is 5.11. The normalized spacial score (nSPS) is 20.3. The number of amides is 2. The Kier molecular flexibility index (Phi) is 6.37. The molecule has 1 aromatic carbocycles. The molecule has 162 valence electrons. The van der Waals surface area contributed by atoms with Gasteiger partial charge in [-0.15, -0.1) is 0 Å². The molecule has 0 aliphatic carbocycles. The highest BCUT2D eigenvalue weighted by Crippen LogP contribution is 2.34. The number of rotatable bonds is 5. The lowest BCUT2D eigenvalue weighted by molar-refractivity contribution is -0.165. The van der Waals surface area contributed by atoms with E-state index in [2.05, 4.69) is 5.16 Å². The van der Waals surface area contributed by atoms with Crippen LogP contribution in [-0.4, -0.2) is 51.8 Å². The van der Waals surface area contributed by atoms with E-state index in [1.807, 2.05) is 5.32 Å². The van der Waals surface area contributed by atoms with Gasteiger partial charge in [0.1, 0.15) is 11.8 Å². The van der Waals surface area contributed by atoms with Crippen molar-refractivity contribution < 1.29 is 32.4 Å². The molecule has 0 radical (unpaired) electrons. The predicted octanol–water partition coefficient (Wildman–Crippen LogP) is 2.56. The Bertz CT molecular complexity index is 916. The first-order chi connectivity index (χ1) is 14.0. The zero-order valence-corrected chi connectivity index (χ0v) is 16.6. The van der Waals surface area contributed by atoms with Gasteiger partial charge in [-0.25, -0.2) is 0 Å². The molecule has 2 N–H and O–H groups in total. The van der Waals surface area contributed by atoms with Gasteiger partial charge in [0.25, 0.3) is 0 Å². The maximum Gasteiger partial charge on any atom is 0.412 e. The molecule has 7 nitrogen and oxygen atoms in total. The quantitative estimate of drug-likeness (QED) is 0.737. The van der Waals surface area contributed by atoms with Gasteiger partial charge in [0.2, 0.25) is 11.8 Å². The number of halogens is 4. The number of likely N-dealkylation sites (tertiary alicyclic amines) is 1. The molecule has 2 amide bonds. The molecule has 1 fully saturated rings. The van der Waals surface area contributed by atoms with Crippen molar-refractivity contribution in [2.24, 2.45) is 0 Å². The molecular weight excluding hydrogens is 427 g/mol. The number of aliphatic hydroxyl groups excluding tert-OH is 1. The van der Waals surface area contributed by atoms with Crippen LogP contribution in [0, 0.1) is 6.92 Å². The third-order valence-electron chi connectivity index (χ3n) is 4.72. The van der Waals surface area contributed by atoms with E-state index >= 15 is 0 Å². The average Bonchev–Trinajstić information content (AvgIpc) is 3.25. The van der Waals surface area contributed by atoms with Crippen LogP contribution >= 0.6 is 11.6 Å². The van der Waals surface area contributed by atoms with Crippen LogP contribution in [0.5, 0.6) is 0 Å². The van der Waals surface area contributed by atoms with Crippen molar-refractivity contribution in [3.05, 3.63) is 52.4 Å². The number of alkyl halides is 3. The SMILES string of the molecule is Cc1cc(CC(=O)N2C[C@H](O)C[C@H]2C(=O)N[C@H](c2ccc(Cl)cc2)C(F)(F)F)on1. The number of aryl methyl sites for hydroxylation is 1. The van der Waals surface area contributed by atoms with Crippen molar-refractivity contribution in [1.29, 1.82) is 0 Å². The highest BCUT2D eigenvalue weighted by molar-refractivity contribution is 6.30. The number of carbonyl (C=O) groups excluding carboxylic acids is 2. The van der Waals surface area contributed by atoms with Crippen LogP contribution in [-0.2, 0) is 16.0 Å². The molecule has 11 heteroatoms. The molecular formula is C19H19ClF3N3O4. The summed E-state index contributed by atoms with van der Waals surface area (Å²) in [5, 5.41) is 15.8. The summed E-state index contributed by atoms with van der Waals surface area (Å²) < 4.78 is 45.7. The van der Waals surface area contributed by atoms with Gasteiger partial charge in [0.05, 0.1) is 18.2 Å². The van der Waals surface area contributed by atoms with Crippen LogP contribution in [0.25, 0.3) is 0 Å². The van der Waals surface area contributed by atoms with E-state index in [0.717, 1.165) is 4.90 Å². The summed E-state index contributed by atoms with van der Waals surface area (Å²) in [6, 6.07) is 2.92. The van der Waals surface area contributed by atoms with Gasteiger partial charge in [0.15, 0.2) is 6.04 Å². The van der Waals surface area contributed by atoms with Crippen LogP contribution < -0.4 is 5.32 Å². The molecule has 0 bridgehead atoms. The van der Waals surface area contributed by atoms with Gasteiger partial charge in [-0.3, -0.25) is 9.59 Å². The molecule has 1 saturated heterocycles.